The van der Waals surface area contributed by atoms with Crippen LogP contribution in [-0.2, 0) is 17.1 Å². The van der Waals surface area contributed by atoms with Gasteiger partial charge in [-0.2, -0.15) is 0 Å². The summed E-state index contributed by atoms with van der Waals surface area (Å²) in [6, 6.07) is 8.14. The maximum Gasteiger partial charge on any atom is 0.307 e. The Labute approximate surface area is 161 Å². The van der Waals surface area contributed by atoms with E-state index in [0.29, 0.717) is 23.9 Å². The van der Waals surface area contributed by atoms with Crippen molar-refractivity contribution in [3.8, 4) is 10.6 Å². The number of hydrogen-bond acceptors (Lipinski definition) is 7. The third-order valence-electron chi connectivity index (χ3n) is 3.92. The van der Waals surface area contributed by atoms with Crippen LogP contribution in [0.25, 0.3) is 10.6 Å². The van der Waals surface area contributed by atoms with Gasteiger partial charge in [0.2, 0.25) is 16.0 Å². The van der Waals surface area contributed by atoms with Crippen LogP contribution < -0.4 is 14.9 Å². The van der Waals surface area contributed by atoms with Gasteiger partial charge in [0, 0.05) is 31.2 Å². The maximum absolute atomic E-state index is 12.1. The van der Waals surface area contributed by atoms with Crippen LogP contribution in [0.4, 0.5) is 11.6 Å². The molecular formula is C17H19N5O3S2. The van der Waals surface area contributed by atoms with Crippen molar-refractivity contribution in [3.05, 3.63) is 51.9 Å². The standard InChI is InChI=1S/C17H19N5O3S2/c1-4-19-27(24,25)13-7-5-6-12(10-13)20-16-18-9-8-14(21-16)15-11(2)22(3)17(23)26-15/h5-10,19H,4H2,1-3H3,(H,18,20,21). The topological polar surface area (TPSA) is 106 Å². The zero-order valence-corrected chi connectivity index (χ0v) is 16.7. The summed E-state index contributed by atoms with van der Waals surface area (Å²) in [7, 11) is -1.83. The molecule has 3 aromatic rings. The van der Waals surface area contributed by atoms with E-state index in [0.717, 1.165) is 21.9 Å². The molecule has 0 unspecified atom stereocenters. The SMILES string of the molecule is CCNS(=O)(=O)c1cccc(Nc2nccc(-c3sc(=O)n(C)c3C)n2)c1. The first kappa shape index (κ1) is 19.2. The van der Waals surface area contributed by atoms with Crippen molar-refractivity contribution in [2.24, 2.45) is 7.05 Å². The summed E-state index contributed by atoms with van der Waals surface area (Å²) in [5, 5.41) is 3.01. The van der Waals surface area contributed by atoms with Crippen LogP contribution in [-0.4, -0.2) is 29.5 Å². The maximum atomic E-state index is 12.1. The molecule has 10 heteroatoms. The van der Waals surface area contributed by atoms with Crippen LogP contribution in [0.3, 0.4) is 0 Å². The molecule has 0 aliphatic carbocycles. The van der Waals surface area contributed by atoms with E-state index < -0.39 is 10.0 Å². The predicted octanol–water partition coefficient (Wildman–Crippen LogP) is 2.25. The quantitative estimate of drug-likeness (QED) is 0.652. The summed E-state index contributed by atoms with van der Waals surface area (Å²) >= 11 is 1.12. The Morgan fingerprint density at radius 2 is 2.04 bits per heavy atom. The Hall–Kier alpha value is -2.56. The number of nitrogens with one attached hydrogen (secondary N) is 2. The number of nitrogens with zero attached hydrogens (tertiary/aromatic N) is 3. The van der Waals surface area contributed by atoms with Gasteiger partial charge in [-0.25, -0.2) is 23.1 Å². The highest BCUT2D eigenvalue weighted by atomic mass is 32.2. The van der Waals surface area contributed by atoms with E-state index in [2.05, 4.69) is 20.0 Å². The number of anilines is 2. The summed E-state index contributed by atoms with van der Waals surface area (Å²) in [5.41, 5.74) is 2.00. The van der Waals surface area contributed by atoms with Crippen LogP contribution in [0, 0.1) is 6.92 Å². The largest absolute Gasteiger partial charge is 0.324 e. The summed E-state index contributed by atoms with van der Waals surface area (Å²) < 4.78 is 28.3. The van der Waals surface area contributed by atoms with Gasteiger partial charge < -0.3 is 9.88 Å². The van der Waals surface area contributed by atoms with Crippen LogP contribution in [0.5, 0.6) is 0 Å². The number of rotatable bonds is 6. The molecule has 0 saturated heterocycles. The van der Waals surface area contributed by atoms with E-state index in [1.165, 1.54) is 12.1 Å². The Morgan fingerprint density at radius 1 is 1.26 bits per heavy atom. The second kappa shape index (κ2) is 7.59. The van der Waals surface area contributed by atoms with Gasteiger partial charge in [0.15, 0.2) is 0 Å². The molecule has 0 radical (unpaired) electrons. The lowest BCUT2D eigenvalue weighted by Gasteiger charge is -2.09. The van der Waals surface area contributed by atoms with E-state index in [4.69, 9.17) is 0 Å². The summed E-state index contributed by atoms with van der Waals surface area (Å²) in [4.78, 5) is 21.4. The second-order valence-corrected chi connectivity index (χ2v) is 8.49. The fraction of sp³-hybridized carbons (Fsp3) is 0.235. The highest BCUT2D eigenvalue weighted by Crippen LogP contribution is 2.25. The molecule has 8 nitrogen and oxygen atoms in total. The molecule has 0 spiro atoms. The lowest BCUT2D eigenvalue weighted by atomic mass is 10.3. The average Bonchev–Trinajstić information content (AvgIpc) is 2.90. The Kier molecular flexibility index (Phi) is 5.40. The van der Waals surface area contributed by atoms with Crippen molar-refractivity contribution in [2.75, 3.05) is 11.9 Å². The van der Waals surface area contributed by atoms with Crippen LogP contribution in [0.1, 0.15) is 12.6 Å². The molecule has 0 bridgehead atoms. The Morgan fingerprint density at radius 3 is 2.70 bits per heavy atom. The molecule has 1 aromatic carbocycles. The van der Waals surface area contributed by atoms with Gasteiger partial charge in [-0.3, -0.25) is 4.79 Å². The van der Waals surface area contributed by atoms with Gasteiger partial charge in [0.25, 0.3) is 0 Å². The fourth-order valence-electron chi connectivity index (χ4n) is 2.45. The molecule has 0 aliphatic rings. The first-order valence-electron chi connectivity index (χ1n) is 8.18. The van der Waals surface area contributed by atoms with Crippen LogP contribution in [0.2, 0.25) is 0 Å². The summed E-state index contributed by atoms with van der Waals surface area (Å²) in [6.07, 6.45) is 1.59. The normalized spacial score (nSPS) is 11.5. The molecule has 0 amide bonds. The molecule has 0 aliphatic heterocycles. The van der Waals surface area contributed by atoms with E-state index in [1.54, 1.807) is 42.9 Å². The predicted molar refractivity (Wildman–Crippen MR) is 106 cm³/mol. The molecule has 142 valence electrons. The zero-order chi connectivity index (χ0) is 19.6. The van der Waals surface area contributed by atoms with Crippen molar-refractivity contribution in [2.45, 2.75) is 18.7 Å². The smallest absolute Gasteiger partial charge is 0.307 e. The van der Waals surface area contributed by atoms with E-state index in [1.807, 2.05) is 6.92 Å². The van der Waals surface area contributed by atoms with Crippen molar-refractivity contribution in [1.82, 2.24) is 19.3 Å². The molecule has 2 heterocycles. The lowest BCUT2D eigenvalue weighted by Crippen LogP contribution is -2.23. The van der Waals surface area contributed by atoms with Crippen molar-refractivity contribution in [3.63, 3.8) is 0 Å². The molecule has 27 heavy (non-hydrogen) atoms. The number of aromatic nitrogens is 3. The number of hydrogen-bond donors (Lipinski definition) is 2. The minimum Gasteiger partial charge on any atom is -0.324 e. The van der Waals surface area contributed by atoms with Gasteiger partial charge >= 0.3 is 4.87 Å². The van der Waals surface area contributed by atoms with E-state index in [-0.39, 0.29) is 9.77 Å². The molecule has 0 fully saturated rings. The summed E-state index contributed by atoms with van der Waals surface area (Å²) in [6.45, 7) is 3.89. The highest BCUT2D eigenvalue weighted by Gasteiger charge is 2.14. The van der Waals surface area contributed by atoms with Crippen LogP contribution in [0.15, 0.2) is 46.2 Å². The van der Waals surface area contributed by atoms with Gasteiger partial charge in [-0.05, 0) is 31.2 Å². The summed E-state index contributed by atoms with van der Waals surface area (Å²) in [5.74, 6) is 0.313. The minimum absolute atomic E-state index is 0.0584. The first-order valence-corrected chi connectivity index (χ1v) is 10.5. The molecule has 3 rings (SSSR count). The minimum atomic E-state index is -3.55. The number of thiazole rings is 1. The lowest BCUT2D eigenvalue weighted by molar-refractivity contribution is 0.584. The Bertz CT molecular complexity index is 1140. The molecule has 2 N–H and O–H groups in total. The molecule has 2 aromatic heterocycles. The van der Waals surface area contributed by atoms with E-state index >= 15 is 0 Å². The second-order valence-electron chi connectivity index (χ2n) is 5.76. The van der Waals surface area contributed by atoms with Crippen molar-refractivity contribution < 1.29 is 8.42 Å². The third kappa shape index (κ3) is 4.07. The van der Waals surface area contributed by atoms with Gasteiger partial charge in [0.1, 0.15) is 0 Å². The zero-order valence-electron chi connectivity index (χ0n) is 15.1. The molecular weight excluding hydrogens is 386 g/mol. The van der Waals surface area contributed by atoms with Crippen molar-refractivity contribution in [1.29, 1.82) is 0 Å². The number of sulfonamides is 1. The van der Waals surface area contributed by atoms with Crippen LogP contribution >= 0.6 is 11.3 Å². The fourth-order valence-corrected chi connectivity index (χ4v) is 4.48. The molecule has 0 saturated carbocycles. The number of benzene rings is 1. The van der Waals surface area contributed by atoms with Gasteiger partial charge in [-0.1, -0.05) is 24.3 Å². The monoisotopic (exact) mass is 405 g/mol. The van der Waals surface area contributed by atoms with Gasteiger partial charge in [0.05, 0.1) is 15.5 Å². The molecule has 0 atom stereocenters. The van der Waals surface area contributed by atoms with Crippen molar-refractivity contribution >= 4 is 33.0 Å². The highest BCUT2D eigenvalue weighted by molar-refractivity contribution is 7.89. The average molecular weight is 406 g/mol. The Balaban J connectivity index is 1.91. The third-order valence-corrected chi connectivity index (χ3v) is 6.62. The van der Waals surface area contributed by atoms with E-state index in [9.17, 15) is 13.2 Å². The van der Waals surface area contributed by atoms with Gasteiger partial charge in [-0.15, -0.1) is 0 Å². The first-order chi connectivity index (χ1) is 12.8.